The number of rotatable bonds is 5. The molecule has 29 heavy (non-hydrogen) atoms. The molecule has 0 spiro atoms. The number of anilines is 1. The smallest absolute Gasteiger partial charge is 0.257 e. The van der Waals surface area contributed by atoms with E-state index in [1.54, 1.807) is 38.1 Å². The molecule has 2 heterocycles. The van der Waals surface area contributed by atoms with E-state index in [0.717, 1.165) is 0 Å². The lowest BCUT2D eigenvalue weighted by molar-refractivity contribution is -0.133. The number of sulfonamides is 1. The molecular formula is C19H27N3O6S. The van der Waals surface area contributed by atoms with Crippen LogP contribution in [0, 0.1) is 0 Å². The van der Waals surface area contributed by atoms with Crippen LogP contribution in [0.2, 0.25) is 0 Å². The Bertz CT molecular complexity index is 888. The molecule has 0 radical (unpaired) electrons. The Morgan fingerprint density at radius 1 is 1.31 bits per heavy atom. The molecule has 0 saturated carbocycles. The van der Waals surface area contributed by atoms with Crippen molar-refractivity contribution in [2.75, 3.05) is 31.2 Å². The summed E-state index contributed by atoms with van der Waals surface area (Å²) in [6.45, 7) is 1.78. The number of hydrogen-bond acceptors (Lipinski definition) is 6. The van der Waals surface area contributed by atoms with Crippen LogP contribution >= 0.6 is 0 Å². The first-order valence-corrected chi connectivity index (χ1v) is 11.3. The summed E-state index contributed by atoms with van der Waals surface area (Å²) < 4.78 is 38.1. The zero-order valence-corrected chi connectivity index (χ0v) is 17.6. The quantitative estimate of drug-likeness (QED) is 0.727. The van der Waals surface area contributed by atoms with E-state index < -0.39 is 10.0 Å². The van der Waals surface area contributed by atoms with Gasteiger partial charge < -0.3 is 19.7 Å². The van der Waals surface area contributed by atoms with E-state index in [-0.39, 0.29) is 48.8 Å². The molecule has 9 nitrogen and oxygen atoms in total. The SMILES string of the molecule is CCS(=O)(=O)Nc1ccc2c(c1)C(=O)N(C)[C@H]1CC[C@@H](CC(=O)NC)O[C@@H]1CO2. The molecule has 2 aliphatic rings. The fourth-order valence-corrected chi connectivity index (χ4v) is 4.28. The van der Waals surface area contributed by atoms with E-state index in [4.69, 9.17) is 9.47 Å². The zero-order valence-electron chi connectivity index (χ0n) is 16.8. The molecular weight excluding hydrogens is 398 g/mol. The molecule has 160 valence electrons. The highest BCUT2D eigenvalue weighted by atomic mass is 32.2. The zero-order chi connectivity index (χ0) is 21.2. The van der Waals surface area contributed by atoms with Gasteiger partial charge in [-0.2, -0.15) is 0 Å². The highest BCUT2D eigenvalue weighted by molar-refractivity contribution is 7.92. The summed E-state index contributed by atoms with van der Waals surface area (Å²) in [5.41, 5.74) is 0.619. The average Bonchev–Trinajstić information content (AvgIpc) is 2.70. The number of nitrogens with zero attached hydrogens (tertiary/aromatic N) is 1. The van der Waals surface area contributed by atoms with Gasteiger partial charge in [-0.25, -0.2) is 8.42 Å². The second-order valence-electron chi connectivity index (χ2n) is 7.26. The van der Waals surface area contributed by atoms with Gasteiger partial charge in [0.2, 0.25) is 15.9 Å². The van der Waals surface area contributed by atoms with Gasteiger partial charge in [0.15, 0.2) is 0 Å². The molecule has 1 aromatic rings. The van der Waals surface area contributed by atoms with Gasteiger partial charge in [0, 0.05) is 19.8 Å². The molecule has 0 unspecified atom stereocenters. The van der Waals surface area contributed by atoms with Crippen LogP contribution in [0.1, 0.15) is 36.5 Å². The summed E-state index contributed by atoms with van der Waals surface area (Å²) >= 11 is 0. The minimum Gasteiger partial charge on any atom is -0.490 e. The monoisotopic (exact) mass is 425 g/mol. The number of carbonyl (C=O) groups is 2. The minimum absolute atomic E-state index is 0.0628. The molecule has 2 aliphatic heterocycles. The Labute approximate surface area is 170 Å². The van der Waals surface area contributed by atoms with Crippen molar-refractivity contribution >= 4 is 27.5 Å². The van der Waals surface area contributed by atoms with Crippen LogP contribution in [0.3, 0.4) is 0 Å². The first-order valence-electron chi connectivity index (χ1n) is 9.64. The predicted octanol–water partition coefficient (Wildman–Crippen LogP) is 0.965. The molecule has 0 bridgehead atoms. The number of amides is 2. The molecule has 0 aliphatic carbocycles. The summed E-state index contributed by atoms with van der Waals surface area (Å²) in [5, 5.41) is 2.60. The minimum atomic E-state index is -3.45. The molecule has 3 rings (SSSR count). The standard InChI is InChI=1S/C19H27N3O6S/c1-4-29(25,26)21-12-5-8-16-14(9-12)19(24)22(3)15-7-6-13(10-18(23)20-2)28-17(15)11-27-16/h5,8-9,13,15,17,21H,4,6-7,10-11H2,1-3H3,(H,20,23)/t13-,15-,17+/m0/s1. The Hall–Kier alpha value is -2.33. The molecule has 0 aromatic heterocycles. The van der Waals surface area contributed by atoms with Gasteiger partial charge in [0.1, 0.15) is 18.5 Å². The third kappa shape index (κ3) is 4.81. The number of ether oxygens (including phenoxy) is 2. The van der Waals surface area contributed by atoms with Crippen LogP contribution in [0.25, 0.3) is 0 Å². The van der Waals surface area contributed by atoms with E-state index in [0.29, 0.717) is 29.8 Å². The third-order valence-corrected chi connectivity index (χ3v) is 6.66. The predicted molar refractivity (Wildman–Crippen MR) is 107 cm³/mol. The van der Waals surface area contributed by atoms with Crippen LogP contribution in [-0.4, -0.2) is 69.8 Å². The number of carbonyl (C=O) groups excluding carboxylic acids is 2. The topological polar surface area (TPSA) is 114 Å². The number of fused-ring (bicyclic) bond motifs is 2. The van der Waals surface area contributed by atoms with Gasteiger partial charge in [0.25, 0.3) is 5.91 Å². The Kier molecular flexibility index (Phi) is 6.33. The van der Waals surface area contributed by atoms with Crippen molar-refractivity contribution in [3.8, 4) is 5.75 Å². The summed E-state index contributed by atoms with van der Waals surface area (Å²) in [5.74, 6) is -0.0401. The lowest BCUT2D eigenvalue weighted by Gasteiger charge is -2.42. The summed E-state index contributed by atoms with van der Waals surface area (Å²) in [4.78, 5) is 26.4. The maximum Gasteiger partial charge on any atom is 0.257 e. The number of likely N-dealkylation sites (N-methyl/N-ethyl adjacent to an activating group) is 1. The van der Waals surface area contributed by atoms with E-state index in [2.05, 4.69) is 10.0 Å². The Morgan fingerprint density at radius 2 is 2.07 bits per heavy atom. The largest absolute Gasteiger partial charge is 0.490 e. The molecule has 10 heteroatoms. The van der Waals surface area contributed by atoms with E-state index in [1.807, 2.05) is 0 Å². The summed E-state index contributed by atoms with van der Waals surface area (Å²) in [7, 11) is -0.155. The van der Waals surface area contributed by atoms with Crippen molar-refractivity contribution < 1.29 is 27.5 Å². The molecule has 3 atom stereocenters. The van der Waals surface area contributed by atoms with E-state index in [1.165, 1.54) is 6.07 Å². The summed E-state index contributed by atoms with van der Waals surface area (Å²) in [6.07, 6.45) is 1.06. The van der Waals surface area contributed by atoms with Crippen LogP contribution in [0.5, 0.6) is 5.75 Å². The van der Waals surface area contributed by atoms with Crippen LogP contribution in [0.15, 0.2) is 18.2 Å². The van der Waals surface area contributed by atoms with Gasteiger partial charge in [-0.3, -0.25) is 14.3 Å². The highest BCUT2D eigenvalue weighted by Gasteiger charge is 2.39. The number of hydrogen-bond donors (Lipinski definition) is 2. The lowest BCUT2D eigenvalue weighted by Crippen LogP contribution is -2.53. The van der Waals surface area contributed by atoms with Crippen molar-refractivity contribution in [3.63, 3.8) is 0 Å². The Balaban J connectivity index is 1.82. The number of nitrogens with one attached hydrogen (secondary N) is 2. The van der Waals surface area contributed by atoms with Crippen molar-refractivity contribution in [2.45, 2.75) is 44.4 Å². The maximum atomic E-state index is 13.1. The van der Waals surface area contributed by atoms with Crippen molar-refractivity contribution in [3.05, 3.63) is 23.8 Å². The average molecular weight is 426 g/mol. The molecule has 2 amide bonds. The molecule has 1 aromatic carbocycles. The number of benzene rings is 1. The second kappa shape index (κ2) is 8.58. The Morgan fingerprint density at radius 3 is 2.76 bits per heavy atom. The molecule has 1 saturated heterocycles. The van der Waals surface area contributed by atoms with Crippen LogP contribution in [0.4, 0.5) is 5.69 Å². The van der Waals surface area contributed by atoms with Gasteiger partial charge in [-0.15, -0.1) is 0 Å². The normalized spacial score (nSPS) is 24.4. The second-order valence-corrected chi connectivity index (χ2v) is 9.27. The van der Waals surface area contributed by atoms with Gasteiger partial charge in [0.05, 0.1) is 29.9 Å². The first kappa shape index (κ1) is 21.4. The third-order valence-electron chi connectivity index (χ3n) is 5.36. The summed E-state index contributed by atoms with van der Waals surface area (Å²) in [6, 6.07) is 4.46. The fourth-order valence-electron chi connectivity index (χ4n) is 3.65. The lowest BCUT2D eigenvalue weighted by atomic mass is 9.94. The highest BCUT2D eigenvalue weighted by Crippen LogP contribution is 2.32. The van der Waals surface area contributed by atoms with Crippen molar-refractivity contribution in [1.29, 1.82) is 0 Å². The van der Waals surface area contributed by atoms with Gasteiger partial charge in [-0.05, 0) is 38.0 Å². The maximum absolute atomic E-state index is 13.1. The van der Waals surface area contributed by atoms with Crippen molar-refractivity contribution in [1.82, 2.24) is 10.2 Å². The van der Waals surface area contributed by atoms with E-state index >= 15 is 0 Å². The first-order chi connectivity index (χ1) is 13.7. The molecule has 1 fully saturated rings. The molecule has 2 N–H and O–H groups in total. The van der Waals surface area contributed by atoms with Crippen molar-refractivity contribution in [2.24, 2.45) is 0 Å². The van der Waals surface area contributed by atoms with Gasteiger partial charge in [-0.1, -0.05) is 0 Å². The van der Waals surface area contributed by atoms with Crippen LogP contribution < -0.4 is 14.8 Å². The van der Waals surface area contributed by atoms with Gasteiger partial charge >= 0.3 is 0 Å². The van der Waals surface area contributed by atoms with Crippen LogP contribution in [-0.2, 0) is 19.6 Å². The van der Waals surface area contributed by atoms with E-state index in [9.17, 15) is 18.0 Å². The fraction of sp³-hybridized carbons (Fsp3) is 0.579.